The lowest BCUT2D eigenvalue weighted by atomic mass is 10.2. The number of amides is 1. The standard InChI is InChI=1S/C17H17FN6O2/c1-26-13-7-10(4-5-12(13)18)8-21-16-14(15(19)25)17(24-23-16)22-11-3-2-6-20-9-11/h2-7,9H,8H2,1H3,(H2,19,25)(H3,21,22,23,24). The van der Waals surface area contributed by atoms with Gasteiger partial charge in [-0.1, -0.05) is 6.07 Å². The Balaban J connectivity index is 1.79. The van der Waals surface area contributed by atoms with E-state index in [0.717, 1.165) is 5.56 Å². The molecule has 0 spiro atoms. The Kier molecular flexibility index (Phi) is 4.97. The second kappa shape index (κ2) is 7.51. The number of methoxy groups -OCH3 is 1. The topological polar surface area (TPSA) is 118 Å². The number of rotatable bonds is 7. The van der Waals surface area contributed by atoms with Gasteiger partial charge in [0, 0.05) is 12.7 Å². The summed E-state index contributed by atoms with van der Waals surface area (Å²) in [5.41, 5.74) is 7.09. The molecule has 0 radical (unpaired) electrons. The van der Waals surface area contributed by atoms with Crippen LogP contribution in [0.3, 0.4) is 0 Å². The van der Waals surface area contributed by atoms with Crippen molar-refractivity contribution in [1.82, 2.24) is 15.2 Å². The summed E-state index contributed by atoms with van der Waals surface area (Å²) in [6, 6.07) is 8.02. The Bertz CT molecular complexity index is 913. The van der Waals surface area contributed by atoms with Gasteiger partial charge >= 0.3 is 0 Å². The normalized spacial score (nSPS) is 10.4. The molecule has 8 nitrogen and oxygen atoms in total. The Morgan fingerprint density at radius 1 is 1.38 bits per heavy atom. The number of anilines is 3. The fourth-order valence-corrected chi connectivity index (χ4v) is 2.38. The smallest absolute Gasteiger partial charge is 0.256 e. The molecule has 3 rings (SSSR count). The van der Waals surface area contributed by atoms with Crippen molar-refractivity contribution < 1.29 is 13.9 Å². The van der Waals surface area contributed by atoms with Crippen LogP contribution in [0, 0.1) is 5.82 Å². The Labute approximate surface area is 148 Å². The van der Waals surface area contributed by atoms with Crippen LogP contribution in [0.1, 0.15) is 15.9 Å². The number of carbonyl (C=O) groups excluding carboxylic acids is 1. The summed E-state index contributed by atoms with van der Waals surface area (Å²) >= 11 is 0. The third kappa shape index (κ3) is 3.72. The highest BCUT2D eigenvalue weighted by Gasteiger charge is 2.18. The molecule has 2 heterocycles. The molecule has 1 aromatic carbocycles. The Morgan fingerprint density at radius 2 is 2.23 bits per heavy atom. The van der Waals surface area contributed by atoms with Gasteiger partial charge in [-0.2, -0.15) is 5.10 Å². The monoisotopic (exact) mass is 356 g/mol. The molecule has 0 bridgehead atoms. The largest absolute Gasteiger partial charge is 0.494 e. The average Bonchev–Trinajstić information content (AvgIpc) is 3.04. The molecule has 26 heavy (non-hydrogen) atoms. The lowest BCUT2D eigenvalue weighted by Gasteiger charge is -2.09. The van der Waals surface area contributed by atoms with Gasteiger partial charge < -0.3 is 21.1 Å². The zero-order valence-corrected chi connectivity index (χ0v) is 13.9. The second-order valence-electron chi connectivity index (χ2n) is 5.38. The van der Waals surface area contributed by atoms with E-state index in [-0.39, 0.29) is 17.1 Å². The van der Waals surface area contributed by atoms with Crippen LogP contribution in [0.2, 0.25) is 0 Å². The molecule has 1 amide bonds. The van der Waals surface area contributed by atoms with E-state index < -0.39 is 11.7 Å². The van der Waals surface area contributed by atoms with E-state index in [2.05, 4.69) is 25.8 Å². The Hall–Kier alpha value is -3.62. The summed E-state index contributed by atoms with van der Waals surface area (Å²) in [6.07, 6.45) is 3.23. The minimum absolute atomic E-state index is 0.142. The van der Waals surface area contributed by atoms with Crippen LogP contribution in [-0.2, 0) is 6.54 Å². The Morgan fingerprint density at radius 3 is 2.92 bits per heavy atom. The highest BCUT2D eigenvalue weighted by atomic mass is 19.1. The predicted molar refractivity (Wildman–Crippen MR) is 94.9 cm³/mol. The molecule has 0 aliphatic carbocycles. The first kappa shape index (κ1) is 17.2. The highest BCUT2D eigenvalue weighted by molar-refractivity contribution is 6.03. The molecule has 2 aromatic heterocycles. The van der Waals surface area contributed by atoms with Crippen LogP contribution in [-0.4, -0.2) is 28.2 Å². The highest BCUT2D eigenvalue weighted by Crippen LogP contribution is 2.25. The first-order chi connectivity index (χ1) is 12.6. The molecular formula is C17H17FN6O2. The van der Waals surface area contributed by atoms with Gasteiger partial charge in [-0.25, -0.2) is 4.39 Å². The van der Waals surface area contributed by atoms with E-state index in [4.69, 9.17) is 10.5 Å². The summed E-state index contributed by atoms with van der Waals surface area (Å²) in [5.74, 6) is -0.317. The number of hydrogen-bond donors (Lipinski definition) is 4. The summed E-state index contributed by atoms with van der Waals surface area (Å²) in [7, 11) is 1.39. The van der Waals surface area contributed by atoms with Gasteiger partial charge in [0.2, 0.25) is 0 Å². The van der Waals surface area contributed by atoms with E-state index in [0.29, 0.717) is 18.1 Å². The third-order valence-corrected chi connectivity index (χ3v) is 3.62. The van der Waals surface area contributed by atoms with E-state index in [1.54, 1.807) is 36.7 Å². The fourth-order valence-electron chi connectivity index (χ4n) is 2.38. The van der Waals surface area contributed by atoms with E-state index in [1.807, 2.05) is 0 Å². The van der Waals surface area contributed by atoms with E-state index >= 15 is 0 Å². The zero-order valence-electron chi connectivity index (χ0n) is 13.9. The molecule has 0 saturated heterocycles. The van der Waals surface area contributed by atoms with Gasteiger partial charge in [0.25, 0.3) is 5.91 Å². The molecule has 9 heteroatoms. The van der Waals surface area contributed by atoms with Crippen molar-refractivity contribution in [3.8, 4) is 5.75 Å². The van der Waals surface area contributed by atoms with Crippen molar-refractivity contribution in [3.63, 3.8) is 0 Å². The number of halogens is 1. The number of benzene rings is 1. The summed E-state index contributed by atoms with van der Waals surface area (Å²) in [6.45, 7) is 0.311. The number of pyridine rings is 1. The van der Waals surface area contributed by atoms with Crippen LogP contribution in [0.15, 0.2) is 42.7 Å². The molecule has 0 aliphatic heterocycles. The number of ether oxygens (including phenoxy) is 1. The van der Waals surface area contributed by atoms with Crippen LogP contribution >= 0.6 is 0 Å². The second-order valence-corrected chi connectivity index (χ2v) is 5.38. The van der Waals surface area contributed by atoms with Crippen molar-refractivity contribution in [2.75, 3.05) is 17.7 Å². The molecule has 0 saturated carbocycles. The van der Waals surface area contributed by atoms with Crippen molar-refractivity contribution in [2.24, 2.45) is 5.73 Å². The first-order valence-corrected chi connectivity index (χ1v) is 7.70. The average molecular weight is 356 g/mol. The maximum Gasteiger partial charge on any atom is 0.256 e. The number of nitrogens with two attached hydrogens (primary N) is 1. The van der Waals surface area contributed by atoms with Gasteiger partial charge in [0.1, 0.15) is 11.4 Å². The lowest BCUT2D eigenvalue weighted by molar-refractivity contribution is 0.100. The van der Waals surface area contributed by atoms with Crippen molar-refractivity contribution in [1.29, 1.82) is 0 Å². The molecule has 0 atom stereocenters. The number of nitrogens with zero attached hydrogens (tertiary/aromatic N) is 2. The van der Waals surface area contributed by atoms with Gasteiger partial charge in [-0.15, -0.1) is 0 Å². The molecule has 134 valence electrons. The lowest BCUT2D eigenvalue weighted by Crippen LogP contribution is -2.15. The molecular weight excluding hydrogens is 339 g/mol. The van der Waals surface area contributed by atoms with Crippen molar-refractivity contribution in [3.05, 3.63) is 59.7 Å². The summed E-state index contributed by atoms with van der Waals surface area (Å²) < 4.78 is 18.4. The van der Waals surface area contributed by atoms with Crippen LogP contribution in [0.25, 0.3) is 0 Å². The van der Waals surface area contributed by atoms with Crippen LogP contribution in [0.4, 0.5) is 21.7 Å². The number of H-pyrrole nitrogens is 1. The fraction of sp³-hybridized carbons (Fsp3) is 0.118. The molecule has 5 N–H and O–H groups in total. The predicted octanol–water partition coefficient (Wildman–Crippen LogP) is 2.41. The molecule has 0 fully saturated rings. The van der Waals surface area contributed by atoms with Gasteiger partial charge in [0.05, 0.1) is 19.0 Å². The maximum absolute atomic E-state index is 13.5. The quantitative estimate of drug-likeness (QED) is 0.516. The number of aromatic amines is 1. The van der Waals surface area contributed by atoms with E-state index in [1.165, 1.54) is 13.2 Å². The third-order valence-electron chi connectivity index (χ3n) is 3.62. The van der Waals surface area contributed by atoms with Crippen LogP contribution in [0.5, 0.6) is 5.75 Å². The summed E-state index contributed by atoms with van der Waals surface area (Å²) in [5, 5.41) is 12.8. The molecule has 0 aliphatic rings. The first-order valence-electron chi connectivity index (χ1n) is 7.70. The van der Waals surface area contributed by atoms with Gasteiger partial charge in [-0.3, -0.25) is 14.9 Å². The molecule has 0 unspecified atom stereocenters. The number of aromatic nitrogens is 3. The summed E-state index contributed by atoms with van der Waals surface area (Å²) in [4.78, 5) is 15.8. The van der Waals surface area contributed by atoms with Crippen molar-refractivity contribution >= 4 is 23.2 Å². The van der Waals surface area contributed by atoms with Crippen LogP contribution < -0.4 is 21.1 Å². The minimum atomic E-state index is -0.649. The van der Waals surface area contributed by atoms with Gasteiger partial charge in [0.15, 0.2) is 17.4 Å². The van der Waals surface area contributed by atoms with Gasteiger partial charge in [-0.05, 0) is 29.8 Å². The van der Waals surface area contributed by atoms with Crippen molar-refractivity contribution in [2.45, 2.75) is 6.54 Å². The SMILES string of the molecule is COc1cc(CNc2[nH]nc(Nc3cccnc3)c2C(N)=O)ccc1F. The number of nitrogens with one attached hydrogen (secondary N) is 3. The number of carbonyl (C=O) groups is 1. The zero-order chi connectivity index (χ0) is 18.5. The number of hydrogen-bond acceptors (Lipinski definition) is 6. The maximum atomic E-state index is 13.5. The number of primary amides is 1. The minimum Gasteiger partial charge on any atom is -0.494 e. The molecule has 3 aromatic rings. The van der Waals surface area contributed by atoms with E-state index in [9.17, 15) is 9.18 Å².